The zero-order chi connectivity index (χ0) is 12.9. The number of rotatable bonds is 6. The molecule has 0 saturated heterocycles. The van der Waals surface area contributed by atoms with Crippen LogP contribution in [-0.2, 0) is 10.0 Å². The van der Waals surface area contributed by atoms with Gasteiger partial charge < -0.3 is 0 Å². The van der Waals surface area contributed by atoms with Crippen molar-refractivity contribution in [2.24, 2.45) is 0 Å². The predicted octanol–water partition coefficient (Wildman–Crippen LogP) is 3.29. The molecule has 0 radical (unpaired) electrons. The highest BCUT2D eigenvalue weighted by Crippen LogP contribution is 2.16. The summed E-state index contributed by atoms with van der Waals surface area (Å²) < 4.78 is 27.2. The van der Waals surface area contributed by atoms with E-state index in [2.05, 4.69) is 43.5 Å². The van der Waals surface area contributed by atoms with E-state index in [4.69, 9.17) is 0 Å². The molecular weight excluding hydrogens is 370 g/mol. The number of halogens is 2. The zero-order valence-corrected chi connectivity index (χ0v) is 13.5. The Morgan fingerprint density at radius 1 is 1.41 bits per heavy atom. The third kappa shape index (κ3) is 5.07. The van der Waals surface area contributed by atoms with Gasteiger partial charge in [0.25, 0.3) is 0 Å². The van der Waals surface area contributed by atoms with Gasteiger partial charge in [-0.3, -0.25) is 0 Å². The SMILES string of the molecule is CCC(Br)CCNS(=O)(=O)c1cccc(Br)c1. The molecule has 1 unspecified atom stereocenters. The molecule has 0 saturated carbocycles. The second-order valence-corrected chi connectivity index (χ2v) is 7.63. The van der Waals surface area contributed by atoms with Crippen molar-refractivity contribution < 1.29 is 8.42 Å². The van der Waals surface area contributed by atoms with Crippen molar-refractivity contribution in [2.75, 3.05) is 6.54 Å². The highest BCUT2D eigenvalue weighted by Gasteiger charge is 2.13. The lowest BCUT2D eigenvalue weighted by Crippen LogP contribution is -2.26. The summed E-state index contributed by atoms with van der Waals surface area (Å²) in [4.78, 5) is 0.641. The number of alkyl halides is 1. The van der Waals surface area contributed by atoms with Gasteiger partial charge in [0.2, 0.25) is 10.0 Å². The maximum absolute atomic E-state index is 11.9. The molecule has 1 aromatic carbocycles. The van der Waals surface area contributed by atoms with Crippen molar-refractivity contribution in [3.05, 3.63) is 28.7 Å². The molecule has 1 atom stereocenters. The van der Waals surface area contributed by atoms with Crippen LogP contribution in [0.2, 0.25) is 0 Å². The summed E-state index contributed by atoms with van der Waals surface area (Å²) in [7, 11) is -3.39. The van der Waals surface area contributed by atoms with Crippen molar-refractivity contribution in [3.63, 3.8) is 0 Å². The molecule has 0 aromatic heterocycles. The second kappa shape index (κ2) is 6.87. The van der Waals surface area contributed by atoms with Gasteiger partial charge in [-0.05, 0) is 31.0 Å². The van der Waals surface area contributed by atoms with Gasteiger partial charge in [0, 0.05) is 15.8 Å². The predicted molar refractivity (Wildman–Crippen MR) is 77.0 cm³/mol. The smallest absolute Gasteiger partial charge is 0.211 e. The third-order valence-electron chi connectivity index (χ3n) is 2.30. The average Bonchev–Trinajstić information content (AvgIpc) is 2.28. The van der Waals surface area contributed by atoms with E-state index in [1.807, 2.05) is 0 Å². The minimum atomic E-state index is -3.39. The highest BCUT2D eigenvalue weighted by molar-refractivity contribution is 9.10. The van der Waals surface area contributed by atoms with Crippen LogP contribution in [-0.4, -0.2) is 19.8 Å². The van der Waals surface area contributed by atoms with Crippen molar-refractivity contribution in [2.45, 2.75) is 29.5 Å². The Morgan fingerprint density at radius 3 is 2.71 bits per heavy atom. The van der Waals surface area contributed by atoms with Gasteiger partial charge in [0.1, 0.15) is 0 Å². The van der Waals surface area contributed by atoms with Crippen LogP contribution in [0.5, 0.6) is 0 Å². The molecule has 1 aromatic rings. The van der Waals surface area contributed by atoms with Crippen LogP contribution in [0.15, 0.2) is 33.6 Å². The quantitative estimate of drug-likeness (QED) is 0.765. The lowest BCUT2D eigenvalue weighted by atomic mass is 10.2. The van der Waals surface area contributed by atoms with E-state index in [0.717, 1.165) is 17.3 Å². The standard InChI is InChI=1S/C11H15Br2NO2S/c1-2-9(12)6-7-14-17(15,16)11-5-3-4-10(13)8-11/h3-5,8-9,14H,2,6-7H2,1H3. The molecule has 0 aliphatic carbocycles. The molecule has 17 heavy (non-hydrogen) atoms. The lowest BCUT2D eigenvalue weighted by Gasteiger charge is -2.09. The van der Waals surface area contributed by atoms with Crippen LogP contribution in [0, 0.1) is 0 Å². The summed E-state index contributed by atoms with van der Waals surface area (Å²) in [6, 6.07) is 6.68. The van der Waals surface area contributed by atoms with Gasteiger partial charge in [0.15, 0.2) is 0 Å². The van der Waals surface area contributed by atoms with Crippen LogP contribution >= 0.6 is 31.9 Å². The van der Waals surface area contributed by atoms with E-state index in [0.29, 0.717) is 11.4 Å². The second-order valence-electron chi connectivity index (χ2n) is 3.65. The molecule has 3 nitrogen and oxygen atoms in total. The monoisotopic (exact) mass is 383 g/mol. The minimum Gasteiger partial charge on any atom is -0.211 e. The molecule has 1 rings (SSSR count). The summed E-state index contributed by atoms with van der Waals surface area (Å²) in [6.45, 7) is 2.50. The molecule has 6 heteroatoms. The average molecular weight is 385 g/mol. The summed E-state index contributed by atoms with van der Waals surface area (Å²) in [5, 5.41) is 0. The fraction of sp³-hybridized carbons (Fsp3) is 0.455. The first kappa shape index (κ1) is 15.1. The number of nitrogens with one attached hydrogen (secondary N) is 1. The van der Waals surface area contributed by atoms with Gasteiger partial charge in [-0.1, -0.05) is 44.8 Å². The molecule has 0 aliphatic heterocycles. The maximum atomic E-state index is 11.9. The van der Waals surface area contributed by atoms with E-state index >= 15 is 0 Å². The first-order valence-corrected chi connectivity index (χ1v) is 8.54. The molecule has 96 valence electrons. The van der Waals surface area contributed by atoms with E-state index in [1.54, 1.807) is 24.3 Å². The summed E-state index contributed by atoms with van der Waals surface area (Å²) in [5.74, 6) is 0. The molecule has 0 aliphatic rings. The van der Waals surface area contributed by atoms with Crippen molar-refractivity contribution in [1.82, 2.24) is 4.72 Å². The summed E-state index contributed by atoms with van der Waals surface area (Å²) in [5.41, 5.74) is 0. The normalized spacial score (nSPS) is 13.6. The molecule has 0 bridgehead atoms. The molecule has 0 fully saturated rings. The Bertz CT molecular complexity index is 462. The van der Waals surface area contributed by atoms with E-state index < -0.39 is 10.0 Å². The van der Waals surface area contributed by atoms with Crippen molar-refractivity contribution in [1.29, 1.82) is 0 Å². The topological polar surface area (TPSA) is 46.2 Å². The Kier molecular flexibility index (Phi) is 6.12. The molecule has 1 N–H and O–H groups in total. The van der Waals surface area contributed by atoms with Gasteiger partial charge in [-0.15, -0.1) is 0 Å². The van der Waals surface area contributed by atoms with E-state index in [1.165, 1.54) is 0 Å². The van der Waals surface area contributed by atoms with Gasteiger partial charge in [0.05, 0.1) is 4.90 Å². The molecule has 0 amide bonds. The third-order valence-corrected chi connectivity index (χ3v) is 5.36. The number of hydrogen-bond acceptors (Lipinski definition) is 2. The van der Waals surface area contributed by atoms with Gasteiger partial charge >= 0.3 is 0 Å². The zero-order valence-electron chi connectivity index (χ0n) is 9.49. The molecular formula is C11H15Br2NO2S. The Hall–Kier alpha value is 0.0900. The van der Waals surface area contributed by atoms with Crippen LogP contribution in [0.1, 0.15) is 19.8 Å². The largest absolute Gasteiger partial charge is 0.240 e. The number of sulfonamides is 1. The van der Waals surface area contributed by atoms with Crippen LogP contribution < -0.4 is 4.72 Å². The fourth-order valence-corrected chi connectivity index (χ4v) is 3.14. The number of hydrogen-bond donors (Lipinski definition) is 1. The van der Waals surface area contributed by atoms with Gasteiger partial charge in [-0.25, -0.2) is 13.1 Å². The Morgan fingerprint density at radius 2 is 2.12 bits per heavy atom. The molecule has 0 spiro atoms. The van der Waals surface area contributed by atoms with Crippen LogP contribution in [0.4, 0.5) is 0 Å². The fourth-order valence-electron chi connectivity index (χ4n) is 1.27. The number of benzene rings is 1. The lowest BCUT2D eigenvalue weighted by molar-refractivity contribution is 0.577. The van der Waals surface area contributed by atoms with Crippen LogP contribution in [0.25, 0.3) is 0 Å². The first-order valence-electron chi connectivity index (χ1n) is 5.35. The van der Waals surface area contributed by atoms with Crippen molar-refractivity contribution in [3.8, 4) is 0 Å². The summed E-state index contributed by atoms with van der Waals surface area (Å²) in [6.07, 6.45) is 1.77. The maximum Gasteiger partial charge on any atom is 0.240 e. The van der Waals surface area contributed by atoms with Crippen molar-refractivity contribution >= 4 is 41.9 Å². The van der Waals surface area contributed by atoms with Crippen LogP contribution in [0.3, 0.4) is 0 Å². The first-order chi connectivity index (χ1) is 7.95. The molecule has 0 heterocycles. The minimum absolute atomic E-state index is 0.287. The summed E-state index contributed by atoms with van der Waals surface area (Å²) >= 11 is 6.73. The highest BCUT2D eigenvalue weighted by atomic mass is 79.9. The van der Waals surface area contributed by atoms with E-state index in [-0.39, 0.29) is 4.90 Å². The van der Waals surface area contributed by atoms with E-state index in [9.17, 15) is 8.42 Å². The Labute approximate surface area is 119 Å². The van der Waals surface area contributed by atoms with Gasteiger partial charge in [-0.2, -0.15) is 0 Å². The Balaban J connectivity index is 2.63.